The first-order valence-corrected chi connectivity index (χ1v) is 6.76. The van der Waals surface area contributed by atoms with Gasteiger partial charge in [-0.2, -0.15) is 0 Å². The van der Waals surface area contributed by atoms with Crippen molar-refractivity contribution >= 4 is 23.8 Å². The van der Waals surface area contributed by atoms with Gasteiger partial charge in [-0.25, -0.2) is 9.59 Å². The van der Waals surface area contributed by atoms with Crippen LogP contribution in [-0.2, 0) is 4.74 Å². The summed E-state index contributed by atoms with van der Waals surface area (Å²) < 4.78 is 5.03. The van der Waals surface area contributed by atoms with Crippen LogP contribution in [0.3, 0.4) is 0 Å². The molecule has 0 bridgehead atoms. The van der Waals surface area contributed by atoms with Gasteiger partial charge in [0.05, 0.1) is 16.1 Å². The number of amides is 1. The van der Waals surface area contributed by atoms with Crippen molar-refractivity contribution in [2.24, 2.45) is 0 Å². The van der Waals surface area contributed by atoms with E-state index < -0.39 is 22.6 Å². The van der Waals surface area contributed by atoms with Crippen LogP contribution in [0.2, 0.25) is 0 Å². The zero-order valence-electron chi connectivity index (χ0n) is 13.0. The van der Waals surface area contributed by atoms with E-state index >= 15 is 0 Å². The van der Waals surface area contributed by atoms with Crippen molar-refractivity contribution in [3.05, 3.63) is 45.5 Å². The molecule has 0 unspecified atom stereocenters. The van der Waals surface area contributed by atoms with Crippen LogP contribution in [0.25, 0.3) is 6.08 Å². The fourth-order valence-corrected chi connectivity index (χ4v) is 1.71. The molecule has 0 saturated heterocycles. The number of hydrogen-bond acceptors (Lipinski definition) is 5. The van der Waals surface area contributed by atoms with Crippen molar-refractivity contribution in [1.29, 1.82) is 0 Å². The first kappa shape index (κ1) is 18.1. The number of carboxylic acids is 1. The smallest absolute Gasteiger partial charge is 0.407 e. The number of ether oxygens (including phenoxy) is 1. The number of aromatic carboxylic acids is 1. The Labute approximate surface area is 132 Å². The van der Waals surface area contributed by atoms with Gasteiger partial charge in [0.15, 0.2) is 0 Å². The van der Waals surface area contributed by atoms with Gasteiger partial charge < -0.3 is 15.2 Å². The highest BCUT2D eigenvalue weighted by molar-refractivity contribution is 5.94. The Bertz CT molecular complexity index is 614. The fourth-order valence-electron chi connectivity index (χ4n) is 1.71. The van der Waals surface area contributed by atoms with Crippen molar-refractivity contribution in [3.63, 3.8) is 0 Å². The predicted octanol–water partition coefficient (Wildman–Crippen LogP) is 2.83. The lowest BCUT2D eigenvalue weighted by atomic mass is 10.0. The number of nitro groups is 1. The molecule has 0 aliphatic heterocycles. The summed E-state index contributed by atoms with van der Waals surface area (Å²) in [6, 6.07) is 3.79. The molecule has 0 aromatic heterocycles. The number of carbonyl (C=O) groups is 2. The second-order valence-electron chi connectivity index (χ2n) is 5.59. The summed E-state index contributed by atoms with van der Waals surface area (Å²) in [6.45, 7) is 5.19. The third kappa shape index (κ3) is 5.77. The van der Waals surface area contributed by atoms with Gasteiger partial charge in [-0.1, -0.05) is 12.1 Å². The molecule has 0 heterocycles. The fraction of sp³-hybridized carbons (Fsp3) is 0.333. The van der Waals surface area contributed by atoms with Gasteiger partial charge in [-0.3, -0.25) is 10.1 Å². The molecule has 1 rings (SSSR count). The number of alkyl carbamates (subject to hydrolysis) is 1. The highest BCUT2D eigenvalue weighted by Crippen LogP contribution is 2.23. The lowest BCUT2D eigenvalue weighted by Crippen LogP contribution is -2.32. The number of hydrogen-bond donors (Lipinski definition) is 2. The summed E-state index contributed by atoms with van der Waals surface area (Å²) >= 11 is 0. The van der Waals surface area contributed by atoms with E-state index in [9.17, 15) is 19.7 Å². The second kappa shape index (κ2) is 7.39. The van der Waals surface area contributed by atoms with Gasteiger partial charge in [-0.05, 0) is 32.9 Å². The molecule has 0 atom stereocenters. The molecule has 0 saturated carbocycles. The molecule has 1 aromatic rings. The monoisotopic (exact) mass is 322 g/mol. The second-order valence-corrected chi connectivity index (χ2v) is 5.59. The lowest BCUT2D eigenvalue weighted by molar-refractivity contribution is -0.385. The minimum absolute atomic E-state index is 0.0315. The molecular formula is C15H18N2O6. The van der Waals surface area contributed by atoms with E-state index in [-0.39, 0.29) is 23.4 Å². The Morgan fingerprint density at radius 2 is 2.04 bits per heavy atom. The number of nitro benzene ring substituents is 1. The molecule has 1 aromatic carbocycles. The van der Waals surface area contributed by atoms with E-state index in [0.717, 1.165) is 0 Å². The standard InChI is InChI=1S/C15H18N2O6/c1-15(2,3)23-14(20)16-9-5-7-10-11(13(18)19)6-4-8-12(10)17(21)22/h4-8H,9H2,1-3H3,(H,16,20)(H,18,19). The highest BCUT2D eigenvalue weighted by Gasteiger charge is 2.19. The Morgan fingerprint density at radius 1 is 1.39 bits per heavy atom. The third-order valence-corrected chi connectivity index (χ3v) is 2.56. The average Bonchev–Trinajstić information content (AvgIpc) is 2.41. The molecule has 1 amide bonds. The third-order valence-electron chi connectivity index (χ3n) is 2.56. The first-order chi connectivity index (χ1) is 10.6. The first-order valence-electron chi connectivity index (χ1n) is 6.76. The van der Waals surface area contributed by atoms with Crippen LogP contribution < -0.4 is 5.32 Å². The van der Waals surface area contributed by atoms with Crippen LogP contribution in [0.15, 0.2) is 24.3 Å². The Hall–Kier alpha value is -2.90. The van der Waals surface area contributed by atoms with Crippen LogP contribution in [0.4, 0.5) is 10.5 Å². The quantitative estimate of drug-likeness (QED) is 0.635. The van der Waals surface area contributed by atoms with E-state index in [1.165, 1.54) is 30.4 Å². The van der Waals surface area contributed by atoms with Crippen LogP contribution in [-0.4, -0.2) is 34.2 Å². The van der Waals surface area contributed by atoms with Gasteiger partial charge in [-0.15, -0.1) is 0 Å². The normalized spacial score (nSPS) is 11.3. The molecule has 124 valence electrons. The van der Waals surface area contributed by atoms with Crippen molar-refractivity contribution in [2.75, 3.05) is 6.54 Å². The number of benzene rings is 1. The van der Waals surface area contributed by atoms with Crippen LogP contribution >= 0.6 is 0 Å². The van der Waals surface area contributed by atoms with Crippen LogP contribution in [0, 0.1) is 10.1 Å². The van der Waals surface area contributed by atoms with E-state index in [1.54, 1.807) is 20.8 Å². The molecule has 8 heteroatoms. The molecule has 2 N–H and O–H groups in total. The summed E-state index contributed by atoms with van der Waals surface area (Å²) in [4.78, 5) is 32.9. The maximum Gasteiger partial charge on any atom is 0.407 e. The number of nitrogens with zero attached hydrogens (tertiary/aromatic N) is 1. The van der Waals surface area contributed by atoms with Gasteiger partial charge >= 0.3 is 12.1 Å². The number of carboxylic acid groups (broad SMARTS) is 1. The lowest BCUT2D eigenvalue weighted by Gasteiger charge is -2.19. The van der Waals surface area contributed by atoms with Gasteiger partial charge in [0, 0.05) is 12.6 Å². The van der Waals surface area contributed by atoms with E-state index in [4.69, 9.17) is 9.84 Å². The number of nitrogens with one attached hydrogen (secondary N) is 1. The van der Waals surface area contributed by atoms with Gasteiger partial charge in [0.1, 0.15) is 5.60 Å². The number of carbonyl (C=O) groups excluding carboxylic acids is 1. The molecule has 8 nitrogen and oxygen atoms in total. The van der Waals surface area contributed by atoms with E-state index in [2.05, 4.69) is 5.32 Å². The minimum Gasteiger partial charge on any atom is -0.478 e. The number of rotatable bonds is 5. The summed E-state index contributed by atoms with van der Waals surface area (Å²) in [5.41, 5.74) is -1.18. The summed E-state index contributed by atoms with van der Waals surface area (Å²) in [5, 5.41) is 22.5. The van der Waals surface area contributed by atoms with Crippen LogP contribution in [0.1, 0.15) is 36.7 Å². The maximum atomic E-state index is 11.5. The van der Waals surface area contributed by atoms with E-state index in [0.29, 0.717) is 0 Å². The zero-order valence-corrected chi connectivity index (χ0v) is 13.0. The predicted molar refractivity (Wildman–Crippen MR) is 83.3 cm³/mol. The van der Waals surface area contributed by atoms with Gasteiger partial charge in [0.2, 0.25) is 0 Å². The maximum absolute atomic E-state index is 11.5. The van der Waals surface area contributed by atoms with E-state index in [1.807, 2.05) is 0 Å². The zero-order chi connectivity index (χ0) is 17.6. The van der Waals surface area contributed by atoms with Crippen molar-refractivity contribution in [3.8, 4) is 0 Å². The molecule has 23 heavy (non-hydrogen) atoms. The average molecular weight is 322 g/mol. The van der Waals surface area contributed by atoms with Crippen molar-refractivity contribution in [2.45, 2.75) is 26.4 Å². The summed E-state index contributed by atoms with van der Waals surface area (Å²) in [7, 11) is 0. The molecular weight excluding hydrogens is 304 g/mol. The minimum atomic E-state index is -1.27. The van der Waals surface area contributed by atoms with Crippen molar-refractivity contribution in [1.82, 2.24) is 5.32 Å². The summed E-state index contributed by atoms with van der Waals surface area (Å²) in [6.07, 6.45) is 2.07. The van der Waals surface area contributed by atoms with Crippen LogP contribution in [0.5, 0.6) is 0 Å². The Kier molecular flexibility index (Phi) is 5.83. The molecule has 0 radical (unpaired) electrons. The Morgan fingerprint density at radius 3 is 2.57 bits per heavy atom. The topological polar surface area (TPSA) is 119 Å². The largest absolute Gasteiger partial charge is 0.478 e. The summed E-state index contributed by atoms with van der Waals surface area (Å²) in [5.74, 6) is -1.27. The molecule has 0 aliphatic carbocycles. The molecule has 0 aliphatic rings. The molecule has 0 fully saturated rings. The van der Waals surface area contributed by atoms with Crippen molar-refractivity contribution < 1.29 is 24.4 Å². The molecule has 0 spiro atoms. The Balaban J connectivity index is 2.86. The SMILES string of the molecule is CC(C)(C)OC(=O)NCC=Cc1c(C(=O)O)cccc1[N+](=O)[O-]. The van der Waals surface area contributed by atoms with Gasteiger partial charge in [0.25, 0.3) is 5.69 Å². The highest BCUT2D eigenvalue weighted by atomic mass is 16.6.